The molecule has 2 aromatic rings. The molecule has 0 radical (unpaired) electrons. The van der Waals surface area contributed by atoms with Crippen LogP contribution in [-0.2, 0) is 14.3 Å². The van der Waals surface area contributed by atoms with Crippen LogP contribution in [0.2, 0.25) is 0 Å². The highest BCUT2D eigenvalue weighted by Gasteiger charge is 2.51. The highest BCUT2D eigenvalue weighted by atomic mass is 19.1. The number of amides is 2. The molecule has 2 amide bonds. The van der Waals surface area contributed by atoms with Crippen LogP contribution in [0.25, 0.3) is 0 Å². The Bertz CT molecular complexity index is 872. The number of urea groups is 1. The van der Waals surface area contributed by atoms with Gasteiger partial charge in [-0.25, -0.2) is 14.0 Å². The van der Waals surface area contributed by atoms with E-state index in [1.54, 1.807) is 30.3 Å². The lowest BCUT2D eigenvalue weighted by Gasteiger charge is -2.30. The number of aliphatic carboxylic acids is 1. The van der Waals surface area contributed by atoms with Crippen molar-refractivity contribution < 1.29 is 28.6 Å². The van der Waals surface area contributed by atoms with Gasteiger partial charge >= 0.3 is 18.0 Å². The maximum Gasteiger partial charge on any atom is 0.326 e. The average Bonchev–Trinajstić information content (AvgIpc) is 3.11. The molecule has 3 rings (SSSR count). The van der Waals surface area contributed by atoms with Gasteiger partial charge in [0.25, 0.3) is 0 Å². The van der Waals surface area contributed by atoms with E-state index in [2.05, 4.69) is 5.32 Å². The van der Waals surface area contributed by atoms with Crippen LogP contribution in [-0.4, -0.2) is 41.1 Å². The van der Waals surface area contributed by atoms with Gasteiger partial charge in [0, 0.05) is 5.69 Å². The van der Waals surface area contributed by atoms with Crippen molar-refractivity contribution in [1.29, 1.82) is 0 Å². The zero-order valence-corrected chi connectivity index (χ0v) is 15.0. The predicted octanol–water partition coefficient (Wildman–Crippen LogP) is 3.05. The number of carboxylic acid groups (broad SMARTS) is 1. The molecule has 3 atom stereocenters. The average molecular weight is 386 g/mol. The first-order valence-electron chi connectivity index (χ1n) is 8.63. The maximum atomic E-state index is 13.1. The van der Waals surface area contributed by atoms with Crippen LogP contribution in [0.1, 0.15) is 18.0 Å². The number of esters is 1. The van der Waals surface area contributed by atoms with E-state index in [1.807, 2.05) is 0 Å². The summed E-state index contributed by atoms with van der Waals surface area (Å²) in [6, 6.07) is 11.1. The van der Waals surface area contributed by atoms with Gasteiger partial charge in [-0.05, 0) is 36.2 Å². The number of hydrogen-bond donors (Lipinski definition) is 2. The number of rotatable bonds is 4. The molecular weight excluding hydrogens is 367 g/mol. The van der Waals surface area contributed by atoms with Gasteiger partial charge in [0.1, 0.15) is 11.9 Å². The summed E-state index contributed by atoms with van der Waals surface area (Å²) in [7, 11) is 1.22. The molecule has 146 valence electrons. The van der Waals surface area contributed by atoms with E-state index in [1.165, 1.54) is 31.4 Å². The second-order valence-corrected chi connectivity index (χ2v) is 6.42. The summed E-state index contributed by atoms with van der Waals surface area (Å²) < 4.78 is 17.9. The van der Waals surface area contributed by atoms with Crippen LogP contribution in [0.4, 0.5) is 14.9 Å². The second kappa shape index (κ2) is 8.08. The molecular formula is C20H19FN2O5. The molecule has 0 bridgehead atoms. The zero-order chi connectivity index (χ0) is 20.3. The van der Waals surface area contributed by atoms with E-state index in [0.29, 0.717) is 11.3 Å². The molecule has 1 heterocycles. The van der Waals surface area contributed by atoms with Crippen molar-refractivity contribution in [3.63, 3.8) is 0 Å². The largest absolute Gasteiger partial charge is 0.480 e. The fourth-order valence-electron chi connectivity index (χ4n) is 3.50. The lowest BCUT2D eigenvalue weighted by atomic mass is 9.93. The molecule has 0 saturated carbocycles. The molecule has 7 nitrogen and oxygen atoms in total. The SMILES string of the molecule is COC(=O)C1CC(C(=O)O)N(C(=O)Nc2ccc(F)cc2)C1c1ccccc1. The number of carbonyl (C=O) groups excluding carboxylic acids is 2. The number of likely N-dealkylation sites (tertiary alicyclic amines) is 1. The van der Waals surface area contributed by atoms with Crippen LogP contribution >= 0.6 is 0 Å². The highest BCUT2D eigenvalue weighted by molar-refractivity contribution is 5.94. The van der Waals surface area contributed by atoms with Crippen molar-refractivity contribution in [1.82, 2.24) is 4.90 Å². The predicted molar refractivity (Wildman–Crippen MR) is 98.0 cm³/mol. The Hall–Kier alpha value is -3.42. The van der Waals surface area contributed by atoms with Gasteiger partial charge in [-0.2, -0.15) is 0 Å². The number of hydrogen-bond acceptors (Lipinski definition) is 4. The molecule has 2 aromatic carbocycles. The minimum atomic E-state index is -1.22. The summed E-state index contributed by atoms with van der Waals surface area (Å²) >= 11 is 0. The highest BCUT2D eigenvalue weighted by Crippen LogP contribution is 2.42. The van der Waals surface area contributed by atoms with E-state index in [0.717, 1.165) is 4.90 Å². The number of nitrogens with one attached hydrogen (secondary N) is 1. The summed E-state index contributed by atoms with van der Waals surface area (Å²) in [6.07, 6.45) is -0.0710. The minimum absolute atomic E-state index is 0.0710. The number of carboxylic acids is 1. The quantitative estimate of drug-likeness (QED) is 0.788. The van der Waals surface area contributed by atoms with Crippen molar-refractivity contribution >= 4 is 23.7 Å². The van der Waals surface area contributed by atoms with E-state index >= 15 is 0 Å². The third-order valence-corrected chi connectivity index (χ3v) is 4.75. The first-order valence-corrected chi connectivity index (χ1v) is 8.63. The van der Waals surface area contributed by atoms with Gasteiger partial charge in [0.05, 0.1) is 19.1 Å². The Kier molecular flexibility index (Phi) is 5.58. The molecule has 1 fully saturated rings. The van der Waals surface area contributed by atoms with Crippen molar-refractivity contribution in [3.8, 4) is 0 Å². The molecule has 0 aliphatic carbocycles. The summed E-state index contributed by atoms with van der Waals surface area (Å²) in [5.41, 5.74) is 0.930. The minimum Gasteiger partial charge on any atom is -0.480 e. The van der Waals surface area contributed by atoms with Gasteiger partial charge in [-0.3, -0.25) is 4.79 Å². The van der Waals surface area contributed by atoms with Crippen LogP contribution in [0.5, 0.6) is 0 Å². The normalized spacial score (nSPS) is 21.2. The van der Waals surface area contributed by atoms with Crippen LogP contribution < -0.4 is 5.32 Å². The van der Waals surface area contributed by atoms with E-state index in [-0.39, 0.29) is 6.42 Å². The lowest BCUT2D eigenvalue weighted by molar-refractivity contribution is -0.146. The Balaban J connectivity index is 1.99. The molecule has 2 N–H and O–H groups in total. The summed E-state index contributed by atoms with van der Waals surface area (Å²) in [6.45, 7) is 0. The monoisotopic (exact) mass is 386 g/mol. The number of halogens is 1. The van der Waals surface area contributed by atoms with Crippen LogP contribution in [0.3, 0.4) is 0 Å². The van der Waals surface area contributed by atoms with Gasteiger partial charge < -0.3 is 20.1 Å². The standard InChI is InChI=1S/C20H19FN2O5/c1-28-19(26)15-11-16(18(24)25)23(17(15)12-5-3-2-4-6-12)20(27)22-14-9-7-13(21)8-10-14/h2-10,15-17H,11H2,1H3,(H,22,27)(H,24,25). The maximum absolute atomic E-state index is 13.1. The Morgan fingerprint density at radius 1 is 1.11 bits per heavy atom. The Labute approximate surface area is 160 Å². The van der Waals surface area contributed by atoms with Crippen molar-refractivity contribution in [2.45, 2.75) is 18.5 Å². The molecule has 3 unspecified atom stereocenters. The van der Waals surface area contributed by atoms with Gasteiger partial charge in [0.15, 0.2) is 0 Å². The number of nitrogens with zero attached hydrogens (tertiary/aromatic N) is 1. The number of methoxy groups -OCH3 is 1. The van der Waals surface area contributed by atoms with E-state index < -0.39 is 41.8 Å². The molecule has 8 heteroatoms. The van der Waals surface area contributed by atoms with Crippen molar-refractivity contribution in [2.75, 3.05) is 12.4 Å². The zero-order valence-electron chi connectivity index (χ0n) is 15.0. The molecule has 0 spiro atoms. The first kappa shape index (κ1) is 19.3. The fourth-order valence-corrected chi connectivity index (χ4v) is 3.50. The van der Waals surface area contributed by atoms with Crippen LogP contribution in [0, 0.1) is 11.7 Å². The number of anilines is 1. The summed E-state index contributed by atoms with van der Waals surface area (Å²) in [4.78, 5) is 38.2. The molecule has 0 aromatic heterocycles. The molecule has 28 heavy (non-hydrogen) atoms. The topological polar surface area (TPSA) is 95.9 Å². The lowest BCUT2D eigenvalue weighted by Crippen LogP contribution is -2.44. The van der Waals surface area contributed by atoms with Gasteiger partial charge in [-0.15, -0.1) is 0 Å². The molecule has 1 aliphatic heterocycles. The van der Waals surface area contributed by atoms with Gasteiger partial charge in [-0.1, -0.05) is 30.3 Å². The summed E-state index contributed by atoms with van der Waals surface area (Å²) in [5, 5.41) is 12.2. The number of ether oxygens (including phenoxy) is 1. The summed E-state index contributed by atoms with van der Waals surface area (Å²) in [5.74, 6) is -3.10. The van der Waals surface area contributed by atoms with Crippen LogP contribution in [0.15, 0.2) is 54.6 Å². The third-order valence-electron chi connectivity index (χ3n) is 4.75. The Morgan fingerprint density at radius 2 is 1.75 bits per heavy atom. The Morgan fingerprint density at radius 3 is 2.32 bits per heavy atom. The number of benzene rings is 2. The fraction of sp³-hybridized carbons (Fsp3) is 0.250. The molecule has 1 saturated heterocycles. The van der Waals surface area contributed by atoms with E-state index in [9.17, 15) is 23.9 Å². The van der Waals surface area contributed by atoms with Crippen molar-refractivity contribution in [2.24, 2.45) is 5.92 Å². The smallest absolute Gasteiger partial charge is 0.326 e. The molecule has 1 aliphatic rings. The number of carbonyl (C=O) groups is 3. The van der Waals surface area contributed by atoms with E-state index in [4.69, 9.17) is 4.74 Å². The van der Waals surface area contributed by atoms with Crippen molar-refractivity contribution in [3.05, 3.63) is 66.0 Å². The third kappa shape index (κ3) is 3.80. The first-order chi connectivity index (χ1) is 13.4. The second-order valence-electron chi connectivity index (χ2n) is 6.42. The van der Waals surface area contributed by atoms with Gasteiger partial charge in [0.2, 0.25) is 0 Å².